The molecule has 5 heteroatoms. The second-order valence-electron chi connectivity index (χ2n) is 3.18. The number of aliphatic hydroxyl groups is 4. The molecule has 0 spiro atoms. The van der Waals surface area contributed by atoms with E-state index >= 15 is 0 Å². The molecule has 14 heavy (non-hydrogen) atoms. The van der Waals surface area contributed by atoms with Crippen LogP contribution >= 0.6 is 0 Å². The van der Waals surface area contributed by atoms with Crippen LogP contribution in [0.15, 0.2) is 12.7 Å². The third-order valence-corrected chi connectivity index (χ3v) is 1.75. The van der Waals surface area contributed by atoms with Crippen molar-refractivity contribution >= 4 is 0 Å². The third kappa shape index (κ3) is 6.06. The van der Waals surface area contributed by atoms with Crippen molar-refractivity contribution in [2.24, 2.45) is 0 Å². The zero-order chi connectivity index (χ0) is 11.0. The predicted octanol–water partition coefficient (Wildman–Crippen LogP) is -1.82. The molecule has 84 valence electrons. The van der Waals surface area contributed by atoms with Crippen LogP contribution in [0.4, 0.5) is 0 Å². The fourth-order valence-electron chi connectivity index (χ4n) is 1.12. The van der Waals surface area contributed by atoms with E-state index < -0.39 is 12.2 Å². The van der Waals surface area contributed by atoms with Gasteiger partial charge in [-0.2, -0.15) is 0 Å². The largest absolute Gasteiger partial charge is 0.394 e. The monoisotopic (exact) mass is 205 g/mol. The topological polar surface area (TPSA) is 84.2 Å². The Morgan fingerprint density at radius 3 is 1.79 bits per heavy atom. The van der Waals surface area contributed by atoms with Gasteiger partial charge in [0.1, 0.15) is 0 Å². The molecule has 0 aliphatic carbocycles. The second-order valence-corrected chi connectivity index (χ2v) is 3.18. The van der Waals surface area contributed by atoms with E-state index in [1.165, 1.54) is 0 Å². The molecule has 5 nitrogen and oxygen atoms in total. The number of rotatable bonds is 8. The van der Waals surface area contributed by atoms with Gasteiger partial charge in [-0.25, -0.2) is 0 Å². The summed E-state index contributed by atoms with van der Waals surface area (Å²) in [6.07, 6.45) is -0.0320. The maximum atomic E-state index is 9.17. The Morgan fingerprint density at radius 1 is 1.07 bits per heavy atom. The van der Waals surface area contributed by atoms with E-state index in [0.29, 0.717) is 6.54 Å². The lowest BCUT2D eigenvalue weighted by atomic mass is 10.3. The molecule has 0 heterocycles. The van der Waals surface area contributed by atoms with Gasteiger partial charge < -0.3 is 20.4 Å². The summed E-state index contributed by atoms with van der Waals surface area (Å²) < 4.78 is 0. The van der Waals surface area contributed by atoms with Crippen LogP contribution in [0, 0.1) is 0 Å². The molecule has 0 aromatic heterocycles. The summed E-state index contributed by atoms with van der Waals surface area (Å²) in [5, 5.41) is 35.6. The lowest BCUT2D eigenvalue weighted by Crippen LogP contribution is -2.40. The standard InChI is InChI=1S/C9H19NO4/c1-2-3-10(4-8(13)6-11)5-9(14)7-12/h2,8-9,11-14H,1,3-7H2/t8-,9?/m0/s1. The summed E-state index contributed by atoms with van der Waals surface area (Å²) in [5.41, 5.74) is 0. The highest BCUT2D eigenvalue weighted by atomic mass is 16.3. The highest BCUT2D eigenvalue weighted by molar-refractivity contribution is 4.77. The van der Waals surface area contributed by atoms with E-state index in [1.807, 2.05) is 0 Å². The van der Waals surface area contributed by atoms with Crippen LogP contribution in [-0.4, -0.2) is 70.4 Å². The quantitative estimate of drug-likeness (QED) is 0.351. The van der Waals surface area contributed by atoms with Gasteiger partial charge in [-0.15, -0.1) is 6.58 Å². The van der Waals surface area contributed by atoms with Gasteiger partial charge in [0.05, 0.1) is 25.4 Å². The summed E-state index contributed by atoms with van der Waals surface area (Å²) in [5.74, 6) is 0. The van der Waals surface area contributed by atoms with Crippen molar-refractivity contribution < 1.29 is 20.4 Å². The summed E-state index contributed by atoms with van der Waals surface area (Å²) in [6, 6.07) is 0. The summed E-state index contributed by atoms with van der Waals surface area (Å²) in [4.78, 5) is 1.70. The van der Waals surface area contributed by atoms with Crippen molar-refractivity contribution in [2.45, 2.75) is 12.2 Å². The second kappa shape index (κ2) is 7.90. The average molecular weight is 205 g/mol. The Bertz CT molecular complexity index is 142. The van der Waals surface area contributed by atoms with E-state index in [-0.39, 0.29) is 26.3 Å². The normalized spacial score (nSPS) is 15.5. The number of nitrogens with zero attached hydrogens (tertiary/aromatic N) is 1. The molecular formula is C9H19NO4. The molecule has 0 fully saturated rings. The van der Waals surface area contributed by atoms with E-state index in [0.717, 1.165) is 0 Å². The molecule has 0 radical (unpaired) electrons. The van der Waals surface area contributed by atoms with Gasteiger partial charge in [0.15, 0.2) is 0 Å². The van der Waals surface area contributed by atoms with Gasteiger partial charge in [-0.3, -0.25) is 4.90 Å². The maximum Gasteiger partial charge on any atom is 0.0897 e. The highest BCUT2D eigenvalue weighted by Gasteiger charge is 2.13. The Hall–Kier alpha value is -0.460. The number of aliphatic hydroxyl groups excluding tert-OH is 4. The van der Waals surface area contributed by atoms with Crippen LogP contribution in [0.5, 0.6) is 0 Å². The van der Waals surface area contributed by atoms with E-state index in [9.17, 15) is 10.2 Å². The van der Waals surface area contributed by atoms with Gasteiger partial charge in [-0.05, 0) is 0 Å². The number of hydrogen-bond donors (Lipinski definition) is 4. The molecule has 0 amide bonds. The lowest BCUT2D eigenvalue weighted by molar-refractivity contribution is 0.0275. The maximum absolute atomic E-state index is 9.17. The molecule has 0 aromatic rings. The van der Waals surface area contributed by atoms with Crippen LogP contribution in [0.2, 0.25) is 0 Å². The molecule has 0 saturated carbocycles. The minimum Gasteiger partial charge on any atom is -0.394 e. The van der Waals surface area contributed by atoms with Crippen LogP contribution in [0.1, 0.15) is 0 Å². The fraction of sp³-hybridized carbons (Fsp3) is 0.778. The van der Waals surface area contributed by atoms with Crippen molar-refractivity contribution in [3.8, 4) is 0 Å². The first-order chi connectivity index (χ1) is 6.63. The van der Waals surface area contributed by atoms with Gasteiger partial charge in [-0.1, -0.05) is 6.08 Å². The minimum absolute atomic E-state index is 0.250. The average Bonchev–Trinajstić information content (AvgIpc) is 2.17. The zero-order valence-electron chi connectivity index (χ0n) is 8.21. The predicted molar refractivity (Wildman–Crippen MR) is 52.8 cm³/mol. The molecule has 2 atom stereocenters. The molecule has 0 rings (SSSR count). The molecule has 0 aliphatic rings. The highest BCUT2D eigenvalue weighted by Crippen LogP contribution is 1.95. The smallest absolute Gasteiger partial charge is 0.0897 e. The molecule has 0 saturated heterocycles. The van der Waals surface area contributed by atoms with E-state index in [2.05, 4.69) is 6.58 Å². The SMILES string of the molecule is C=CCN(CC(O)CO)C[C@H](O)CO. The zero-order valence-corrected chi connectivity index (χ0v) is 8.21. The van der Waals surface area contributed by atoms with Crippen LogP contribution in [-0.2, 0) is 0 Å². The van der Waals surface area contributed by atoms with Crippen LogP contribution in [0.3, 0.4) is 0 Å². The molecule has 0 aliphatic heterocycles. The Kier molecular flexibility index (Phi) is 7.64. The van der Waals surface area contributed by atoms with Crippen molar-refractivity contribution in [1.29, 1.82) is 0 Å². The summed E-state index contributed by atoms with van der Waals surface area (Å²) in [6.45, 7) is 3.90. The first-order valence-corrected chi connectivity index (χ1v) is 4.55. The van der Waals surface area contributed by atoms with Crippen LogP contribution < -0.4 is 0 Å². The van der Waals surface area contributed by atoms with Gasteiger partial charge >= 0.3 is 0 Å². The van der Waals surface area contributed by atoms with Crippen molar-refractivity contribution in [2.75, 3.05) is 32.8 Å². The molecular weight excluding hydrogens is 186 g/mol. The first kappa shape index (κ1) is 13.5. The summed E-state index contributed by atoms with van der Waals surface area (Å²) >= 11 is 0. The lowest BCUT2D eigenvalue weighted by Gasteiger charge is -2.24. The minimum atomic E-state index is -0.833. The van der Waals surface area contributed by atoms with Crippen LogP contribution in [0.25, 0.3) is 0 Å². The van der Waals surface area contributed by atoms with E-state index in [1.54, 1.807) is 11.0 Å². The summed E-state index contributed by atoms with van der Waals surface area (Å²) in [7, 11) is 0. The Labute approximate surface area is 83.9 Å². The first-order valence-electron chi connectivity index (χ1n) is 4.55. The Morgan fingerprint density at radius 2 is 1.50 bits per heavy atom. The molecule has 4 N–H and O–H groups in total. The van der Waals surface area contributed by atoms with Crippen molar-refractivity contribution in [3.63, 3.8) is 0 Å². The number of hydrogen-bond acceptors (Lipinski definition) is 5. The molecule has 0 aromatic carbocycles. The van der Waals surface area contributed by atoms with E-state index in [4.69, 9.17) is 10.2 Å². The Balaban J connectivity index is 3.93. The van der Waals surface area contributed by atoms with Gasteiger partial charge in [0, 0.05) is 19.6 Å². The molecule has 0 bridgehead atoms. The fourth-order valence-corrected chi connectivity index (χ4v) is 1.12. The molecule has 1 unspecified atom stereocenters. The van der Waals surface area contributed by atoms with Gasteiger partial charge in [0.2, 0.25) is 0 Å². The van der Waals surface area contributed by atoms with Gasteiger partial charge in [0.25, 0.3) is 0 Å². The van der Waals surface area contributed by atoms with Crippen molar-refractivity contribution in [1.82, 2.24) is 4.90 Å². The van der Waals surface area contributed by atoms with Crippen molar-refractivity contribution in [3.05, 3.63) is 12.7 Å². The third-order valence-electron chi connectivity index (χ3n) is 1.75.